The van der Waals surface area contributed by atoms with Gasteiger partial charge in [0.25, 0.3) is 0 Å². The summed E-state index contributed by atoms with van der Waals surface area (Å²) in [7, 11) is 0. The normalized spacial score (nSPS) is 19.5. The number of benzene rings is 1. The molecule has 0 fully saturated rings. The molecule has 1 aromatic carbocycles. The Labute approximate surface area is 131 Å². The van der Waals surface area contributed by atoms with Crippen LogP contribution in [0.5, 0.6) is 0 Å². The van der Waals surface area contributed by atoms with Gasteiger partial charge in [-0.05, 0) is 47.6 Å². The summed E-state index contributed by atoms with van der Waals surface area (Å²) in [4.78, 5) is 16.1. The minimum atomic E-state index is -0.0948. The topological polar surface area (TPSA) is 54.0 Å². The molecule has 0 radical (unpaired) electrons. The van der Waals surface area contributed by atoms with Gasteiger partial charge in [-0.1, -0.05) is 31.2 Å². The minimum absolute atomic E-state index is 0.0948. The molecule has 114 valence electrons. The number of pyridine rings is 1. The molecule has 1 heterocycles. The highest BCUT2D eigenvalue weighted by atomic mass is 16.2. The number of nitrogens with one attached hydrogen (secondary N) is 2. The van der Waals surface area contributed by atoms with Gasteiger partial charge >= 0.3 is 6.03 Å². The third-order valence-corrected chi connectivity index (χ3v) is 4.24. The smallest absolute Gasteiger partial charge is 0.315 e. The van der Waals surface area contributed by atoms with E-state index in [4.69, 9.17) is 0 Å². The van der Waals surface area contributed by atoms with E-state index in [1.807, 2.05) is 18.2 Å². The molecule has 2 amide bonds. The Kier molecular flexibility index (Phi) is 4.37. The van der Waals surface area contributed by atoms with Crippen LogP contribution in [-0.4, -0.2) is 17.6 Å². The summed E-state index contributed by atoms with van der Waals surface area (Å²) in [6, 6.07) is 12.3. The molecule has 0 bridgehead atoms. The molecular weight excluding hydrogens is 274 g/mol. The number of carbonyl (C=O) groups excluding carboxylic acids is 1. The standard InChI is InChI=1S/C18H21N3O/c1-13-12-15-4-2-3-5-16(15)17(13)21-18(22)20-11-8-14-6-9-19-10-7-14/h2-7,9-10,13,17H,8,11-12H2,1H3,(H2,20,21,22)/t13-,17+/m1/s1. The van der Waals surface area contributed by atoms with Crippen molar-refractivity contribution in [2.24, 2.45) is 5.92 Å². The van der Waals surface area contributed by atoms with Crippen LogP contribution in [0.4, 0.5) is 4.79 Å². The maximum absolute atomic E-state index is 12.1. The number of carbonyl (C=O) groups is 1. The molecule has 22 heavy (non-hydrogen) atoms. The Morgan fingerprint density at radius 2 is 2.00 bits per heavy atom. The van der Waals surface area contributed by atoms with Crippen molar-refractivity contribution in [2.75, 3.05) is 6.54 Å². The lowest BCUT2D eigenvalue weighted by atomic mass is 10.0. The SMILES string of the molecule is C[C@@H]1Cc2ccccc2[C@H]1NC(=O)NCCc1ccncc1. The molecule has 1 aliphatic carbocycles. The molecule has 1 aromatic heterocycles. The van der Waals surface area contributed by atoms with Crippen LogP contribution in [0, 0.1) is 5.92 Å². The quantitative estimate of drug-likeness (QED) is 0.911. The van der Waals surface area contributed by atoms with E-state index in [1.54, 1.807) is 12.4 Å². The first kappa shape index (κ1) is 14.6. The van der Waals surface area contributed by atoms with Crippen molar-refractivity contribution in [3.8, 4) is 0 Å². The summed E-state index contributed by atoms with van der Waals surface area (Å²) in [6.07, 6.45) is 5.38. The monoisotopic (exact) mass is 295 g/mol. The Morgan fingerprint density at radius 3 is 2.82 bits per heavy atom. The summed E-state index contributed by atoms with van der Waals surface area (Å²) in [5, 5.41) is 6.05. The average Bonchev–Trinajstić information content (AvgIpc) is 2.84. The zero-order valence-corrected chi connectivity index (χ0v) is 12.8. The van der Waals surface area contributed by atoms with Gasteiger partial charge in [0.2, 0.25) is 0 Å². The van der Waals surface area contributed by atoms with E-state index in [9.17, 15) is 4.79 Å². The first-order valence-corrected chi connectivity index (χ1v) is 7.75. The van der Waals surface area contributed by atoms with Crippen LogP contribution < -0.4 is 10.6 Å². The maximum Gasteiger partial charge on any atom is 0.315 e. The summed E-state index contributed by atoms with van der Waals surface area (Å²) < 4.78 is 0. The molecule has 3 rings (SSSR count). The first-order valence-electron chi connectivity index (χ1n) is 7.75. The molecule has 2 atom stereocenters. The third kappa shape index (κ3) is 3.27. The number of rotatable bonds is 4. The van der Waals surface area contributed by atoms with Crippen molar-refractivity contribution in [1.82, 2.24) is 15.6 Å². The maximum atomic E-state index is 12.1. The van der Waals surface area contributed by atoms with Crippen LogP contribution in [0.15, 0.2) is 48.8 Å². The number of amides is 2. The summed E-state index contributed by atoms with van der Waals surface area (Å²) in [6.45, 7) is 2.81. The molecule has 0 unspecified atom stereocenters. The lowest BCUT2D eigenvalue weighted by Gasteiger charge is -2.19. The van der Waals surface area contributed by atoms with E-state index < -0.39 is 0 Å². The van der Waals surface area contributed by atoms with E-state index in [0.29, 0.717) is 12.5 Å². The number of urea groups is 1. The van der Waals surface area contributed by atoms with Crippen LogP contribution in [0.25, 0.3) is 0 Å². The van der Waals surface area contributed by atoms with Crippen LogP contribution >= 0.6 is 0 Å². The highest BCUT2D eigenvalue weighted by Gasteiger charge is 2.29. The van der Waals surface area contributed by atoms with Gasteiger partial charge in [0, 0.05) is 18.9 Å². The van der Waals surface area contributed by atoms with Crippen molar-refractivity contribution in [1.29, 1.82) is 0 Å². The Morgan fingerprint density at radius 1 is 1.23 bits per heavy atom. The van der Waals surface area contributed by atoms with Gasteiger partial charge in [-0.15, -0.1) is 0 Å². The van der Waals surface area contributed by atoms with E-state index in [1.165, 1.54) is 16.7 Å². The second-order valence-electron chi connectivity index (χ2n) is 5.86. The highest BCUT2D eigenvalue weighted by Crippen LogP contribution is 2.35. The van der Waals surface area contributed by atoms with Crippen LogP contribution in [0.1, 0.15) is 29.7 Å². The molecule has 0 aliphatic heterocycles. The van der Waals surface area contributed by atoms with Crippen molar-refractivity contribution >= 4 is 6.03 Å². The molecular formula is C18H21N3O. The molecule has 2 N–H and O–H groups in total. The Hall–Kier alpha value is -2.36. The lowest BCUT2D eigenvalue weighted by molar-refractivity contribution is 0.234. The fourth-order valence-electron chi connectivity index (χ4n) is 3.08. The molecule has 4 nitrogen and oxygen atoms in total. The van der Waals surface area contributed by atoms with Crippen LogP contribution in [-0.2, 0) is 12.8 Å². The fourth-order valence-corrected chi connectivity index (χ4v) is 3.08. The average molecular weight is 295 g/mol. The molecule has 0 saturated heterocycles. The van der Waals surface area contributed by atoms with E-state index in [2.05, 4.69) is 40.7 Å². The predicted molar refractivity (Wildman–Crippen MR) is 86.5 cm³/mol. The zero-order chi connectivity index (χ0) is 15.4. The number of hydrogen-bond acceptors (Lipinski definition) is 2. The van der Waals surface area contributed by atoms with E-state index in [-0.39, 0.29) is 12.1 Å². The number of aromatic nitrogens is 1. The van der Waals surface area contributed by atoms with E-state index >= 15 is 0 Å². The highest BCUT2D eigenvalue weighted by molar-refractivity contribution is 5.74. The van der Waals surface area contributed by atoms with Gasteiger partial charge in [-0.3, -0.25) is 4.98 Å². The summed E-state index contributed by atoms with van der Waals surface area (Å²) in [5.41, 5.74) is 3.77. The van der Waals surface area contributed by atoms with Crippen molar-refractivity contribution in [3.05, 3.63) is 65.5 Å². The number of fused-ring (bicyclic) bond motifs is 1. The van der Waals surface area contributed by atoms with Crippen molar-refractivity contribution < 1.29 is 4.79 Å². The molecule has 4 heteroatoms. The summed E-state index contributed by atoms with van der Waals surface area (Å²) >= 11 is 0. The number of nitrogens with zero attached hydrogens (tertiary/aromatic N) is 1. The van der Waals surface area contributed by atoms with Gasteiger partial charge in [0.15, 0.2) is 0 Å². The zero-order valence-electron chi connectivity index (χ0n) is 12.8. The minimum Gasteiger partial charge on any atom is -0.338 e. The van der Waals surface area contributed by atoms with Gasteiger partial charge in [-0.25, -0.2) is 4.79 Å². The number of hydrogen-bond donors (Lipinski definition) is 2. The van der Waals surface area contributed by atoms with Gasteiger partial charge < -0.3 is 10.6 Å². The summed E-state index contributed by atoms with van der Waals surface area (Å²) in [5.74, 6) is 0.434. The molecule has 1 aliphatic rings. The second-order valence-corrected chi connectivity index (χ2v) is 5.86. The Balaban J connectivity index is 1.52. The predicted octanol–water partition coefficient (Wildman–Crippen LogP) is 2.86. The molecule has 0 saturated carbocycles. The molecule has 0 spiro atoms. The second kappa shape index (κ2) is 6.60. The first-order chi connectivity index (χ1) is 10.7. The van der Waals surface area contributed by atoms with Crippen LogP contribution in [0.2, 0.25) is 0 Å². The van der Waals surface area contributed by atoms with Crippen LogP contribution in [0.3, 0.4) is 0 Å². The van der Waals surface area contributed by atoms with Crippen molar-refractivity contribution in [2.45, 2.75) is 25.8 Å². The van der Waals surface area contributed by atoms with Gasteiger partial charge in [0.05, 0.1) is 6.04 Å². The van der Waals surface area contributed by atoms with E-state index in [0.717, 1.165) is 12.8 Å². The van der Waals surface area contributed by atoms with Gasteiger partial charge in [-0.2, -0.15) is 0 Å². The molecule has 2 aromatic rings. The third-order valence-electron chi connectivity index (χ3n) is 4.24. The largest absolute Gasteiger partial charge is 0.338 e. The van der Waals surface area contributed by atoms with Crippen molar-refractivity contribution in [3.63, 3.8) is 0 Å². The lowest BCUT2D eigenvalue weighted by Crippen LogP contribution is -2.39. The van der Waals surface area contributed by atoms with Gasteiger partial charge in [0.1, 0.15) is 0 Å². The fraction of sp³-hybridized carbons (Fsp3) is 0.333. The Bertz CT molecular complexity index is 642.